The zero-order chi connectivity index (χ0) is 28.1. The van der Waals surface area contributed by atoms with Crippen LogP contribution in [0.4, 0.5) is 5.69 Å². The van der Waals surface area contributed by atoms with Crippen molar-refractivity contribution in [1.82, 2.24) is 4.90 Å². The standard InChI is InChI=1S/C32H29ClN2O5/c1-17(2)15-24(32(39)40-16-25(36)34-19-13-11-18(33)12-14-19)35-30(37)28-26-20-7-3-4-8-21(20)27(29(28)31(35)38)23-10-6-5-9-22(23)26/h3-14,17,24,26-29H,15-16H2,1-2H3,(H,34,36)/t24-,26?,27?,28+,29+/m1/s1. The van der Waals surface area contributed by atoms with Gasteiger partial charge in [0.25, 0.3) is 5.91 Å². The number of imide groups is 1. The Hall–Kier alpha value is -3.97. The number of nitrogens with zero attached hydrogens (tertiary/aromatic N) is 1. The summed E-state index contributed by atoms with van der Waals surface area (Å²) in [7, 11) is 0. The lowest BCUT2D eigenvalue weighted by Gasteiger charge is -2.45. The van der Waals surface area contributed by atoms with Crippen molar-refractivity contribution in [2.24, 2.45) is 17.8 Å². The summed E-state index contributed by atoms with van der Waals surface area (Å²) in [6, 6.07) is 21.4. The van der Waals surface area contributed by atoms with E-state index in [1.807, 2.05) is 62.4 Å². The number of nitrogens with one attached hydrogen (secondary N) is 1. The predicted octanol–water partition coefficient (Wildman–Crippen LogP) is 5.13. The quantitative estimate of drug-likeness (QED) is 0.322. The average Bonchev–Trinajstić information content (AvgIpc) is 3.21. The molecule has 7 nitrogen and oxygen atoms in total. The number of halogens is 1. The molecule has 3 aromatic rings. The minimum atomic E-state index is -1.11. The number of anilines is 1. The molecule has 0 aromatic heterocycles. The summed E-state index contributed by atoms with van der Waals surface area (Å²) in [6.45, 7) is 3.29. The van der Waals surface area contributed by atoms with E-state index < -0.39 is 36.4 Å². The third-order valence-electron chi connectivity index (χ3n) is 8.23. The SMILES string of the molecule is CC(C)C[C@H](C(=O)OCC(=O)Nc1ccc(Cl)cc1)N1C(=O)[C@H]2C3c4ccccc4C(c4ccccc43)[C@@H]2C1=O. The minimum Gasteiger partial charge on any atom is -0.454 e. The molecule has 3 atom stereocenters. The van der Waals surface area contributed by atoms with Crippen LogP contribution in [0.2, 0.25) is 5.02 Å². The highest BCUT2D eigenvalue weighted by molar-refractivity contribution is 6.30. The van der Waals surface area contributed by atoms with Crippen molar-refractivity contribution in [3.63, 3.8) is 0 Å². The van der Waals surface area contributed by atoms with E-state index in [4.69, 9.17) is 16.3 Å². The van der Waals surface area contributed by atoms with Crippen LogP contribution in [-0.2, 0) is 23.9 Å². The number of carbonyl (C=O) groups is 4. The third kappa shape index (κ3) is 4.29. The van der Waals surface area contributed by atoms with Crippen molar-refractivity contribution in [3.05, 3.63) is 100 Å². The smallest absolute Gasteiger partial charge is 0.329 e. The largest absolute Gasteiger partial charge is 0.454 e. The van der Waals surface area contributed by atoms with Crippen LogP contribution < -0.4 is 5.32 Å². The van der Waals surface area contributed by atoms with Crippen LogP contribution >= 0.6 is 11.6 Å². The van der Waals surface area contributed by atoms with E-state index in [2.05, 4.69) is 5.32 Å². The lowest BCUT2D eigenvalue weighted by Crippen LogP contribution is -2.47. The molecule has 4 aliphatic rings. The van der Waals surface area contributed by atoms with Crippen LogP contribution in [0.1, 0.15) is 54.4 Å². The Labute approximate surface area is 237 Å². The van der Waals surface area contributed by atoms with Gasteiger partial charge in [-0.3, -0.25) is 19.3 Å². The number of likely N-dealkylation sites (tertiary alicyclic amines) is 1. The summed E-state index contributed by atoms with van der Waals surface area (Å²) in [6.07, 6.45) is 0.240. The zero-order valence-corrected chi connectivity index (χ0v) is 22.9. The Morgan fingerprint density at radius 3 is 1.75 bits per heavy atom. The second-order valence-corrected chi connectivity index (χ2v) is 11.6. The van der Waals surface area contributed by atoms with E-state index in [9.17, 15) is 19.2 Å². The molecule has 1 fully saturated rings. The van der Waals surface area contributed by atoms with Gasteiger partial charge < -0.3 is 10.1 Å². The van der Waals surface area contributed by atoms with Crippen LogP contribution in [0.15, 0.2) is 72.8 Å². The average molecular weight is 557 g/mol. The molecular formula is C32H29ClN2O5. The highest BCUT2D eigenvalue weighted by Crippen LogP contribution is 2.61. The van der Waals surface area contributed by atoms with E-state index in [1.54, 1.807) is 24.3 Å². The van der Waals surface area contributed by atoms with Gasteiger partial charge in [0.2, 0.25) is 11.8 Å². The number of benzene rings is 3. The molecular weight excluding hydrogens is 528 g/mol. The Morgan fingerprint density at radius 2 is 1.30 bits per heavy atom. The maximum atomic E-state index is 14.1. The number of hydrogen-bond acceptors (Lipinski definition) is 5. The van der Waals surface area contributed by atoms with Crippen molar-refractivity contribution < 1.29 is 23.9 Å². The Bertz CT molecular complexity index is 1400. The second-order valence-electron chi connectivity index (χ2n) is 11.1. The van der Waals surface area contributed by atoms with Gasteiger partial charge in [-0.1, -0.05) is 74.0 Å². The Morgan fingerprint density at radius 1 is 0.825 bits per heavy atom. The molecule has 2 bridgehead atoms. The molecule has 0 saturated carbocycles. The number of esters is 1. The molecule has 1 heterocycles. The number of ether oxygens (including phenoxy) is 1. The lowest BCUT2D eigenvalue weighted by molar-refractivity contribution is -0.160. The minimum absolute atomic E-state index is 0.00483. The van der Waals surface area contributed by atoms with Gasteiger partial charge in [-0.25, -0.2) is 4.79 Å². The molecule has 8 heteroatoms. The first-order chi connectivity index (χ1) is 19.3. The van der Waals surface area contributed by atoms with Crippen LogP contribution in [0.3, 0.4) is 0 Å². The predicted molar refractivity (Wildman–Crippen MR) is 150 cm³/mol. The van der Waals surface area contributed by atoms with Gasteiger partial charge in [-0.15, -0.1) is 0 Å². The van der Waals surface area contributed by atoms with Crippen molar-refractivity contribution in [1.29, 1.82) is 0 Å². The molecule has 1 aliphatic heterocycles. The first kappa shape index (κ1) is 26.3. The van der Waals surface area contributed by atoms with Gasteiger partial charge in [-0.2, -0.15) is 0 Å². The number of amides is 3. The summed E-state index contributed by atoms with van der Waals surface area (Å²) in [5.74, 6) is -3.68. The van der Waals surface area contributed by atoms with Crippen molar-refractivity contribution in [2.75, 3.05) is 11.9 Å². The van der Waals surface area contributed by atoms with E-state index in [1.165, 1.54) is 0 Å². The molecule has 204 valence electrons. The molecule has 3 aromatic carbocycles. The fraction of sp³-hybridized carbons (Fsp3) is 0.312. The number of hydrogen-bond donors (Lipinski definition) is 1. The number of carbonyl (C=O) groups excluding carboxylic acids is 4. The van der Waals surface area contributed by atoms with Gasteiger partial charge >= 0.3 is 5.97 Å². The topological polar surface area (TPSA) is 92.8 Å². The lowest BCUT2D eigenvalue weighted by atomic mass is 9.55. The molecule has 0 spiro atoms. The first-order valence-electron chi connectivity index (χ1n) is 13.5. The van der Waals surface area contributed by atoms with Crippen LogP contribution in [0.5, 0.6) is 0 Å². The fourth-order valence-corrected chi connectivity index (χ4v) is 6.85. The van der Waals surface area contributed by atoms with E-state index in [0.717, 1.165) is 27.2 Å². The molecule has 3 aliphatic carbocycles. The maximum absolute atomic E-state index is 14.1. The molecule has 1 saturated heterocycles. The summed E-state index contributed by atoms with van der Waals surface area (Å²) >= 11 is 5.89. The van der Waals surface area contributed by atoms with Crippen LogP contribution in [0.25, 0.3) is 0 Å². The van der Waals surface area contributed by atoms with Crippen molar-refractivity contribution in [3.8, 4) is 0 Å². The zero-order valence-electron chi connectivity index (χ0n) is 22.2. The fourth-order valence-electron chi connectivity index (χ4n) is 6.72. The summed E-state index contributed by atoms with van der Waals surface area (Å²) < 4.78 is 5.40. The van der Waals surface area contributed by atoms with E-state index in [0.29, 0.717) is 10.7 Å². The second kappa shape index (κ2) is 10.2. The highest BCUT2D eigenvalue weighted by atomic mass is 35.5. The third-order valence-corrected chi connectivity index (χ3v) is 8.49. The molecule has 40 heavy (non-hydrogen) atoms. The van der Waals surface area contributed by atoms with Gasteiger partial charge in [-0.05, 0) is 58.9 Å². The van der Waals surface area contributed by atoms with Crippen LogP contribution in [-0.4, -0.2) is 41.2 Å². The first-order valence-corrected chi connectivity index (χ1v) is 13.9. The summed E-state index contributed by atoms with van der Waals surface area (Å²) in [5.41, 5.74) is 4.77. The Balaban J connectivity index is 1.27. The maximum Gasteiger partial charge on any atom is 0.329 e. The van der Waals surface area contributed by atoms with Gasteiger partial charge in [0, 0.05) is 22.5 Å². The summed E-state index contributed by atoms with van der Waals surface area (Å²) in [4.78, 5) is 55.2. The normalized spacial score (nSPS) is 22.9. The molecule has 0 unspecified atom stereocenters. The highest BCUT2D eigenvalue weighted by Gasteiger charge is 2.63. The monoisotopic (exact) mass is 556 g/mol. The molecule has 1 N–H and O–H groups in total. The van der Waals surface area contributed by atoms with Gasteiger partial charge in [0.05, 0.1) is 11.8 Å². The van der Waals surface area contributed by atoms with Crippen LogP contribution in [0, 0.1) is 17.8 Å². The number of rotatable bonds is 7. The molecule has 3 amide bonds. The van der Waals surface area contributed by atoms with Crippen molar-refractivity contribution in [2.45, 2.75) is 38.1 Å². The molecule has 0 radical (unpaired) electrons. The van der Waals surface area contributed by atoms with Crippen molar-refractivity contribution >= 4 is 41.0 Å². The van der Waals surface area contributed by atoms with Gasteiger partial charge in [0.15, 0.2) is 6.61 Å². The van der Waals surface area contributed by atoms with E-state index in [-0.39, 0.29) is 36.0 Å². The molecule has 7 rings (SSSR count). The van der Waals surface area contributed by atoms with E-state index >= 15 is 0 Å². The summed E-state index contributed by atoms with van der Waals surface area (Å²) in [5, 5.41) is 3.18. The Kier molecular flexibility index (Phi) is 6.70. The van der Waals surface area contributed by atoms with Gasteiger partial charge in [0.1, 0.15) is 6.04 Å².